The normalized spacial score (nSPS) is 2.25. The summed E-state index contributed by atoms with van der Waals surface area (Å²) in [5.74, 6) is 0. The molecule has 0 rings (SSSR count). The Balaban J connectivity index is 0. The zero-order valence-electron chi connectivity index (χ0n) is 2.27. The zero-order chi connectivity index (χ0) is 2.71. The maximum atomic E-state index is 8.67. The molecule has 0 amide bonds. The molecule has 17 valence electrons. The molecule has 0 aliphatic carbocycles. The minimum atomic E-state index is -2.12. The first-order valence-electron chi connectivity index (χ1n) is 0.605. The van der Waals surface area contributed by atoms with Gasteiger partial charge in [0.05, 0.1) is 0 Å². The summed E-state index contributed by atoms with van der Waals surface area (Å²) in [6.07, 6.45) is 0. The van der Waals surface area contributed by atoms with Gasteiger partial charge in [0.1, 0.15) is 0 Å². The molecule has 0 saturated heterocycles. The second kappa shape index (κ2) is 8.99. The van der Waals surface area contributed by atoms with Gasteiger partial charge in [0.15, 0.2) is 0 Å². The average molecular weight is 164 g/mol. The van der Waals surface area contributed by atoms with Crippen molar-refractivity contribution in [1.82, 2.24) is 0 Å². The summed E-state index contributed by atoms with van der Waals surface area (Å²) in [5, 5.41) is 0. The number of hydrogen-bond donors (Lipinski definition) is 1. The van der Waals surface area contributed by atoms with E-state index in [0.29, 0.717) is 0 Å². The summed E-state index contributed by atoms with van der Waals surface area (Å²) < 4.78 is 15.9. The SMILES string of the molecule is [O]=[Zn][OH].[Zn]. The molecule has 0 fully saturated rings. The first-order valence-corrected chi connectivity index (χ1v) is 3.14. The molecule has 2 nitrogen and oxygen atoms in total. The molecular weight excluding hydrogens is 163 g/mol. The smallest absolute Gasteiger partial charge is 0 e. The molecule has 0 aromatic rings. The summed E-state index contributed by atoms with van der Waals surface area (Å²) in [6, 6.07) is 0. The van der Waals surface area contributed by atoms with Gasteiger partial charge in [0.25, 0.3) is 0 Å². The van der Waals surface area contributed by atoms with Crippen molar-refractivity contribution in [2.24, 2.45) is 0 Å². The van der Waals surface area contributed by atoms with E-state index in [-0.39, 0.29) is 19.5 Å². The Bertz CT molecular complexity index is 11.5. The van der Waals surface area contributed by atoms with E-state index in [2.05, 4.69) is 0 Å². The standard InChI is InChI=1S/H2O.O.2Zn/h1H2;;;/q;;;+1/p-1. The summed E-state index contributed by atoms with van der Waals surface area (Å²) in [7, 11) is 0. The number of hydrogen-bond acceptors (Lipinski definition) is 1. The maximum Gasteiger partial charge on any atom is 0 e. The largest absolute Gasteiger partial charge is 0 e. The fourth-order valence-electron chi connectivity index (χ4n) is 0. The van der Waals surface area contributed by atoms with Crippen LogP contribution >= 0.6 is 0 Å². The van der Waals surface area contributed by atoms with E-state index in [1.165, 1.54) is 0 Å². The first-order chi connectivity index (χ1) is 1.41. The Morgan fingerprint density at radius 2 is 1.75 bits per heavy atom. The van der Waals surface area contributed by atoms with Crippen LogP contribution in [0.4, 0.5) is 0 Å². The Kier molecular flexibility index (Phi) is 20.0. The van der Waals surface area contributed by atoms with Gasteiger partial charge in [0.2, 0.25) is 0 Å². The minimum Gasteiger partial charge on any atom is 0 e. The third-order valence-electron chi connectivity index (χ3n) is 0. The first kappa shape index (κ1) is 8.89. The van der Waals surface area contributed by atoms with E-state index in [1.54, 1.807) is 0 Å². The second-order valence-corrected chi connectivity index (χ2v) is 0.671. The second-order valence-electron chi connectivity index (χ2n) is 0.129. The molecule has 0 unspecified atom stereocenters. The Morgan fingerprint density at radius 3 is 1.75 bits per heavy atom. The van der Waals surface area contributed by atoms with Crippen molar-refractivity contribution in [2.75, 3.05) is 0 Å². The van der Waals surface area contributed by atoms with Crippen LogP contribution in [0.3, 0.4) is 0 Å². The maximum absolute atomic E-state index is 8.67. The monoisotopic (exact) mass is 161 g/mol. The van der Waals surface area contributed by atoms with Crippen molar-refractivity contribution in [1.29, 1.82) is 0 Å². The van der Waals surface area contributed by atoms with E-state index in [1.807, 2.05) is 0 Å². The van der Waals surface area contributed by atoms with Crippen LogP contribution in [-0.4, -0.2) is 3.93 Å². The topological polar surface area (TPSA) is 37.3 Å². The molecular formula is HO2Zn2. The molecule has 0 aliphatic heterocycles. The predicted octanol–water partition coefficient (Wildman–Crippen LogP) is -0.681. The van der Waals surface area contributed by atoms with Gasteiger partial charge in [-0.1, -0.05) is 0 Å². The number of rotatable bonds is 0. The van der Waals surface area contributed by atoms with Crippen LogP contribution in [0.1, 0.15) is 0 Å². The molecule has 0 heterocycles. The van der Waals surface area contributed by atoms with Gasteiger partial charge in [-0.2, -0.15) is 0 Å². The van der Waals surface area contributed by atoms with Crippen LogP contribution in [0.15, 0.2) is 0 Å². The van der Waals surface area contributed by atoms with Gasteiger partial charge in [-0.05, 0) is 0 Å². The molecule has 0 aliphatic rings. The van der Waals surface area contributed by atoms with Gasteiger partial charge < -0.3 is 0 Å². The van der Waals surface area contributed by atoms with Gasteiger partial charge in [-0.25, -0.2) is 0 Å². The van der Waals surface area contributed by atoms with Gasteiger partial charge >= 0.3 is 24.9 Å². The summed E-state index contributed by atoms with van der Waals surface area (Å²) >= 11 is -2.12. The molecule has 0 radical (unpaired) electrons. The zero-order valence-corrected chi connectivity index (χ0v) is 8.20. The van der Waals surface area contributed by atoms with Gasteiger partial charge in [-0.15, -0.1) is 0 Å². The van der Waals surface area contributed by atoms with E-state index in [4.69, 9.17) is 7.51 Å². The summed E-state index contributed by atoms with van der Waals surface area (Å²) in [5.41, 5.74) is 0. The average Bonchev–Trinajstić information content (AvgIpc) is 0.918. The fourth-order valence-corrected chi connectivity index (χ4v) is 0. The molecule has 0 atom stereocenters. The van der Waals surface area contributed by atoms with E-state index >= 15 is 0 Å². The van der Waals surface area contributed by atoms with Crippen LogP contribution in [0, 0.1) is 0 Å². The molecule has 0 aromatic heterocycles. The van der Waals surface area contributed by atoms with E-state index in [0.717, 1.165) is 0 Å². The Labute approximate surface area is 44.6 Å². The molecule has 0 bridgehead atoms. The third kappa shape index (κ3) is 11.9. The molecule has 1 N–H and O–H groups in total. The van der Waals surface area contributed by atoms with Crippen LogP contribution in [0.2, 0.25) is 0 Å². The van der Waals surface area contributed by atoms with Crippen molar-refractivity contribution in [3.05, 3.63) is 0 Å². The molecule has 4 heteroatoms. The molecule has 0 saturated carbocycles. The van der Waals surface area contributed by atoms with Gasteiger partial charge in [-0.3, -0.25) is 0 Å². The van der Waals surface area contributed by atoms with E-state index in [9.17, 15) is 0 Å². The van der Waals surface area contributed by atoms with Crippen molar-refractivity contribution >= 4 is 0 Å². The van der Waals surface area contributed by atoms with Crippen molar-refractivity contribution < 1.29 is 44.4 Å². The predicted molar refractivity (Wildman–Crippen MR) is 2.91 cm³/mol. The van der Waals surface area contributed by atoms with E-state index < -0.39 is 17.4 Å². The quantitative estimate of drug-likeness (QED) is 0.481. The third-order valence-corrected chi connectivity index (χ3v) is 0. The van der Waals surface area contributed by atoms with Crippen molar-refractivity contribution in [3.63, 3.8) is 0 Å². The molecule has 4 heavy (non-hydrogen) atoms. The summed E-state index contributed by atoms with van der Waals surface area (Å²) in [6.45, 7) is 0. The van der Waals surface area contributed by atoms with Crippen molar-refractivity contribution in [3.8, 4) is 0 Å². The van der Waals surface area contributed by atoms with Crippen molar-refractivity contribution in [2.45, 2.75) is 0 Å². The van der Waals surface area contributed by atoms with Crippen LogP contribution < -0.4 is 0 Å². The molecule has 0 aromatic carbocycles. The van der Waals surface area contributed by atoms with Crippen LogP contribution in [-0.2, 0) is 40.5 Å². The Hall–Kier alpha value is 1.01. The van der Waals surface area contributed by atoms with Gasteiger partial charge in [0, 0.05) is 19.5 Å². The van der Waals surface area contributed by atoms with Crippen LogP contribution in [0.5, 0.6) is 0 Å². The minimum absolute atomic E-state index is 0. The summed E-state index contributed by atoms with van der Waals surface area (Å²) in [4.78, 5) is 0. The van der Waals surface area contributed by atoms with Crippen LogP contribution in [0.25, 0.3) is 0 Å². The fraction of sp³-hybridized carbons (Fsp3) is 0. The Morgan fingerprint density at radius 1 is 1.75 bits per heavy atom. The molecule has 0 spiro atoms.